The van der Waals surface area contributed by atoms with Crippen molar-refractivity contribution in [2.24, 2.45) is 0 Å². The Kier molecular flexibility index (Phi) is 6.10. The highest BCUT2D eigenvalue weighted by molar-refractivity contribution is 5.94. The summed E-state index contributed by atoms with van der Waals surface area (Å²) in [5, 5.41) is 10.5. The molecule has 5 nitrogen and oxygen atoms in total. The van der Waals surface area contributed by atoms with E-state index in [4.69, 9.17) is 4.74 Å². The second kappa shape index (κ2) is 8.49. The van der Waals surface area contributed by atoms with E-state index in [1.54, 1.807) is 7.11 Å². The maximum Gasteiger partial charge on any atom is 0.251 e. The first kappa shape index (κ1) is 17.2. The molecule has 0 spiro atoms. The quantitative estimate of drug-likeness (QED) is 0.747. The van der Waals surface area contributed by atoms with Crippen LogP contribution in [0.1, 0.15) is 48.9 Å². The molecule has 1 amide bonds. The molecule has 1 saturated heterocycles. The van der Waals surface area contributed by atoms with E-state index >= 15 is 0 Å². The van der Waals surface area contributed by atoms with Crippen LogP contribution in [-0.4, -0.2) is 44.2 Å². The molecule has 1 aromatic carbocycles. The molecule has 0 unspecified atom stereocenters. The summed E-state index contributed by atoms with van der Waals surface area (Å²) in [4.78, 5) is 12.5. The number of rotatable bonds is 6. The van der Waals surface area contributed by atoms with Crippen LogP contribution in [0.3, 0.4) is 0 Å². The molecule has 5 heteroatoms. The fourth-order valence-corrected chi connectivity index (χ4v) is 3.77. The zero-order valence-electron chi connectivity index (χ0n) is 14.5. The summed E-state index contributed by atoms with van der Waals surface area (Å²) in [6.07, 6.45) is 7.15. The summed E-state index contributed by atoms with van der Waals surface area (Å²) in [6, 6.07) is 8.49. The molecule has 3 rings (SSSR count). The number of benzene rings is 1. The molecule has 24 heavy (non-hydrogen) atoms. The van der Waals surface area contributed by atoms with Crippen molar-refractivity contribution in [3.8, 4) is 5.75 Å². The Bertz CT molecular complexity index is 526. The first-order valence-electron chi connectivity index (χ1n) is 9.18. The molecule has 1 aliphatic carbocycles. The van der Waals surface area contributed by atoms with Gasteiger partial charge in [-0.15, -0.1) is 0 Å². The summed E-state index contributed by atoms with van der Waals surface area (Å²) in [5.74, 6) is 0.781. The fourth-order valence-electron chi connectivity index (χ4n) is 3.77. The normalized spacial score (nSPS) is 27.0. The van der Waals surface area contributed by atoms with E-state index < -0.39 is 0 Å². The van der Waals surface area contributed by atoms with Crippen molar-refractivity contribution in [2.45, 2.75) is 56.7 Å². The molecule has 2 fully saturated rings. The molecule has 3 atom stereocenters. The predicted molar refractivity (Wildman–Crippen MR) is 95.5 cm³/mol. The zero-order valence-corrected chi connectivity index (χ0v) is 14.5. The maximum atomic E-state index is 12.5. The predicted octanol–water partition coefficient (Wildman–Crippen LogP) is 2.08. The van der Waals surface area contributed by atoms with Crippen LogP contribution in [0.15, 0.2) is 24.3 Å². The van der Waals surface area contributed by atoms with Gasteiger partial charge in [0.1, 0.15) is 5.75 Å². The van der Waals surface area contributed by atoms with Gasteiger partial charge in [-0.1, -0.05) is 12.8 Å². The Balaban J connectivity index is 1.54. The van der Waals surface area contributed by atoms with Crippen LogP contribution in [0.4, 0.5) is 0 Å². The Morgan fingerprint density at radius 3 is 2.54 bits per heavy atom. The fraction of sp³-hybridized carbons (Fsp3) is 0.632. The van der Waals surface area contributed by atoms with Gasteiger partial charge in [-0.25, -0.2) is 0 Å². The third kappa shape index (κ3) is 4.48. The van der Waals surface area contributed by atoms with Crippen molar-refractivity contribution < 1.29 is 9.53 Å². The van der Waals surface area contributed by atoms with Crippen molar-refractivity contribution >= 4 is 5.91 Å². The smallest absolute Gasteiger partial charge is 0.251 e. The second-order valence-electron chi connectivity index (χ2n) is 6.90. The lowest BCUT2D eigenvalue weighted by molar-refractivity contribution is 0.0915. The van der Waals surface area contributed by atoms with Gasteiger partial charge in [0.05, 0.1) is 7.11 Å². The molecular formula is C19H29N3O2. The summed E-state index contributed by atoms with van der Waals surface area (Å²) >= 11 is 0. The van der Waals surface area contributed by atoms with E-state index in [9.17, 15) is 4.79 Å². The molecule has 0 aromatic heterocycles. The first-order valence-corrected chi connectivity index (χ1v) is 9.18. The van der Waals surface area contributed by atoms with E-state index in [2.05, 4.69) is 16.0 Å². The second-order valence-corrected chi connectivity index (χ2v) is 6.90. The van der Waals surface area contributed by atoms with E-state index in [1.165, 1.54) is 25.7 Å². The Morgan fingerprint density at radius 1 is 1.12 bits per heavy atom. The number of carbonyl (C=O) groups excluding carboxylic acids is 1. The Morgan fingerprint density at radius 2 is 1.88 bits per heavy atom. The summed E-state index contributed by atoms with van der Waals surface area (Å²) in [6.45, 7) is 2.13. The van der Waals surface area contributed by atoms with Crippen LogP contribution in [0, 0.1) is 0 Å². The largest absolute Gasteiger partial charge is 0.497 e. The van der Waals surface area contributed by atoms with Gasteiger partial charge < -0.3 is 20.7 Å². The van der Waals surface area contributed by atoms with Crippen molar-refractivity contribution in [3.05, 3.63) is 29.8 Å². The maximum absolute atomic E-state index is 12.5. The highest BCUT2D eigenvalue weighted by Gasteiger charge is 2.27. The van der Waals surface area contributed by atoms with Gasteiger partial charge in [0.2, 0.25) is 0 Å². The van der Waals surface area contributed by atoms with Crippen LogP contribution in [-0.2, 0) is 0 Å². The molecule has 0 radical (unpaired) electrons. The van der Waals surface area contributed by atoms with Crippen molar-refractivity contribution in [1.82, 2.24) is 16.0 Å². The number of hydrogen-bond donors (Lipinski definition) is 3. The van der Waals surface area contributed by atoms with Crippen molar-refractivity contribution in [1.29, 1.82) is 0 Å². The lowest BCUT2D eigenvalue weighted by atomic mass is 9.89. The van der Waals surface area contributed by atoms with Crippen LogP contribution in [0.25, 0.3) is 0 Å². The SMILES string of the molecule is COc1ccc(C(=O)N[C@@H]2CCCC[C@H]2NC[C@@H]2CCCN2)cc1. The van der Waals surface area contributed by atoms with Gasteiger partial charge in [0.25, 0.3) is 5.91 Å². The minimum absolute atomic E-state index is 0.00958. The lowest BCUT2D eigenvalue weighted by Crippen LogP contribution is -2.53. The van der Waals surface area contributed by atoms with Gasteiger partial charge in [-0.05, 0) is 56.5 Å². The molecule has 0 bridgehead atoms. The van der Waals surface area contributed by atoms with E-state index in [0.29, 0.717) is 17.6 Å². The highest BCUT2D eigenvalue weighted by atomic mass is 16.5. The Labute approximate surface area is 144 Å². The van der Waals surface area contributed by atoms with Crippen LogP contribution in [0.5, 0.6) is 5.75 Å². The zero-order chi connectivity index (χ0) is 16.8. The summed E-state index contributed by atoms with van der Waals surface area (Å²) in [5.41, 5.74) is 0.692. The average molecular weight is 331 g/mol. The summed E-state index contributed by atoms with van der Waals surface area (Å²) in [7, 11) is 1.63. The molecule has 1 aliphatic heterocycles. The molecule has 1 aromatic rings. The molecule has 3 N–H and O–H groups in total. The minimum Gasteiger partial charge on any atom is -0.497 e. The topological polar surface area (TPSA) is 62.4 Å². The Hall–Kier alpha value is -1.59. The lowest BCUT2D eigenvalue weighted by Gasteiger charge is -2.33. The van der Waals surface area contributed by atoms with Gasteiger partial charge in [-0.2, -0.15) is 0 Å². The average Bonchev–Trinajstić information content (AvgIpc) is 3.14. The minimum atomic E-state index is 0.00958. The number of ether oxygens (including phenoxy) is 1. The number of nitrogens with one attached hydrogen (secondary N) is 3. The number of methoxy groups -OCH3 is 1. The van der Waals surface area contributed by atoms with E-state index in [1.807, 2.05) is 24.3 Å². The van der Waals surface area contributed by atoms with Gasteiger partial charge in [0, 0.05) is 30.2 Å². The molecule has 132 valence electrons. The van der Waals surface area contributed by atoms with Gasteiger partial charge in [-0.3, -0.25) is 4.79 Å². The molecule has 2 aliphatic rings. The van der Waals surface area contributed by atoms with Crippen molar-refractivity contribution in [2.75, 3.05) is 20.2 Å². The highest BCUT2D eigenvalue weighted by Crippen LogP contribution is 2.20. The summed E-state index contributed by atoms with van der Waals surface area (Å²) < 4.78 is 5.15. The molecular weight excluding hydrogens is 302 g/mol. The van der Waals surface area contributed by atoms with Crippen molar-refractivity contribution in [3.63, 3.8) is 0 Å². The van der Waals surface area contributed by atoms with Gasteiger partial charge in [0.15, 0.2) is 0 Å². The number of amides is 1. The third-order valence-corrected chi connectivity index (χ3v) is 5.22. The van der Waals surface area contributed by atoms with E-state index in [-0.39, 0.29) is 11.9 Å². The van der Waals surface area contributed by atoms with E-state index in [0.717, 1.165) is 31.7 Å². The van der Waals surface area contributed by atoms with Gasteiger partial charge >= 0.3 is 0 Å². The van der Waals surface area contributed by atoms with Crippen LogP contribution < -0.4 is 20.7 Å². The van der Waals surface area contributed by atoms with Crippen LogP contribution in [0.2, 0.25) is 0 Å². The number of carbonyl (C=O) groups is 1. The van der Waals surface area contributed by atoms with Crippen LogP contribution >= 0.6 is 0 Å². The molecule has 1 heterocycles. The molecule has 1 saturated carbocycles. The third-order valence-electron chi connectivity index (χ3n) is 5.22. The number of hydrogen-bond acceptors (Lipinski definition) is 4. The first-order chi connectivity index (χ1) is 11.8. The standard InChI is InChI=1S/C19H29N3O2/c1-24-16-10-8-14(9-11-16)19(23)22-18-7-3-2-6-17(18)21-13-15-5-4-12-20-15/h8-11,15,17-18,20-21H,2-7,12-13H2,1H3,(H,22,23)/t15-,17+,18+/m0/s1. The monoisotopic (exact) mass is 331 g/mol.